The zero-order valence-electron chi connectivity index (χ0n) is 15.2. The summed E-state index contributed by atoms with van der Waals surface area (Å²) < 4.78 is 0. The molecule has 1 aliphatic heterocycles. The molecule has 0 radical (unpaired) electrons. The zero-order chi connectivity index (χ0) is 18.8. The molecule has 2 rings (SSSR count). The van der Waals surface area contributed by atoms with Crippen LogP contribution in [0.4, 0.5) is 5.69 Å². The van der Waals surface area contributed by atoms with Crippen LogP contribution in [0.15, 0.2) is 36.1 Å². The van der Waals surface area contributed by atoms with E-state index in [9.17, 15) is 9.90 Å². The van der Waals surface area contributed by atoms with Crippen molar-refractivity contribution < 1.29 is 9.90 Å². The highest BCUT2D eigenvalue weighted by atomic mass is 35.5. The average Bonchev–Trinajstić information content (AvgIpc) is 2.90. The van der Waals surface area contributed by atoms with Crippen LogP contribution in [0.1, 0.15) is 40.5 Å². The molecule has 3 N–H and O–H groups in total. The van der Waals surface area contributed by atoms with Gasteiger partial charge < -0.3 is 15.3 Å². The maximum Gasteiger partial charge on any atom is 0.251 e. The predicted molar refractivity (Wildman–Crippen MR) is 102 cm³/mol. The Morgan fingerprint density at radius 3 is 2.52 bits per heavy atom. The number of halogens is 1. The summed E-state index contributed by atoms with van der Waals surface area (Å²) >= 11 is 5.95. The zero-order valence-corrected chi connectivity index (χ0v) is 15.9. The van der Waals surface area contributed by atoms with Crippen molar-refractivity contribution in [3.05, 3.63) is 41.1 Å². The third-order valence-corrected chi connectivity index (χ3v) is 4.82. The van der Waals surface area contributed by atoms with Gasteiger partial charge in [-0.25, -0.2) is 0 Å². The maximum absolute atomic E-state index is 12.8. The summed E-state index contributed by atoms with van der Waals surface area (Å²) in [6.45, 7) is 8.17. The van der Waals surface area contributed by atoms with Crippen LogP contribution in [-0.4, -0.2) is 28.9 Å². The van der Waals surface area contributed by atoms with Crippen LogP contribution < -0.4 is 10.2 Å². The van der Waals surface area contributed by atoms with Gasteiger partial charge in [-0.3, -0.25) is 10.2 Å². The number of carbonyl (C=O) groups excluding carboxylic acids is 1. The molecule has 1 amide bonds. The number of aliphatic hydroxyl groups is 1. The highest BCUT2D eigenvalue weighted by molar-refractivity contribution is 6.30. The lowest BCUT2D eigenvalue weighted by molar-refractivity contribution is -0.124. The highest BCUT2D eigenvalue weighted by Crippen LogP contribution is 2.34. The van der Waals surface area contributed by atoms with Crippen molar-refractivity contribution >= 4 is 29.0 Å². The number of anilines is 1. The Hall–Kier alpha value is -2.01. The Balaban J connectivity index is 2.16. The topological polar surface area (TPSA) is 76.4 Å². The molecule has 1 aliphatic rings. The second kappa shape index (κ2) is 7.08. The molecule has 1 atom stereocenters. The number of hydrogen-bond acceptors (Lipinski definition) is 4. The van der Waals surface area contributed by atoms with Crippen molar-refractivity contribution in [3.63, 3.8) is 0 Å². The number of rotatable bonds is 3. The van der Waals surface area contributed by atoms with Gasteiger partial charge >= 0.3 is 0 Å². The number of nitrogens with one attached hydrogen (secondary N) is 2. The average molecular weight is 364 g/mol. The van der Waals surface area contributed by atoms with Crippen LogP contribution in [0.5, 0.6) is 0 Å². The molecule has 0 bridgehead atoms. The van der Waals surface area contributed by atoms with E-state index in [1.165, 1.54) is 6.08 Å². The lowest BCUT2D eigenvalue weighted by atomic mass is 9.93. The molecular formula is C19H26ClN3O2. The lowest BCUT2D eigenvalue weighted by Crippen LogP contribution is -2.54. The van der Waals surface area contributed by atoms with Crippen molar-refractivity contribution in [2.45, 2.75) is 46.1 Å². The van der Waals surface area contributed by atoms with Gasteiger partial charge in [0, 0.05) is 28.7 Å². The number of benzene rings is 1. The number of carbonyl (C=O) groups is 1. The third-order valence-electron chi connectivity index (χ3n) is 4.57. The second-order valence-corrected chi connectivity index (χ2v) is 8.09. The van der Waals surface area contributed by atoms with E-state index < -0.39 is 11.0 Å². The van der Waals surface area contributed by atoms with Crippen molar-refractivity contribution in [1.29, 1.82) is 5.41 Å². The molecule has 0 unspecified atom stereocenters. The molecule has 136 valence electrons. The largest absolute Gasteiger partial charge is 0.512 e. The van der Waals surface area contributed by atoms with Gasteiger partial charge in [-0.15, -0.1) is 0 Å². The van der Waals surface area contributed by atoms with E-state index in [1.807, 2.05) is 44.7 Å². The minimum atomic E-state index is -0.745. The van der Waals surface area contributed by atoms with Crippen LogP contribution >= 0.6 is 11.6 Å². The van der Waals surface area contributed by atoms with Gasteiger partial charge in [-0.05, 0) is 44.0 Å². The predicted octanol–water partition coefficient (Wildman–Crippen LogP) is 4.28. The molecule has 0 aliphatic carbocycles. The Labute approximate surface area is 154 Å². The van der Waals surface area contributed by atoms with E-state index in [-0.39, 0.29) is 17.5 Å². The number of nitrogens with zero attached hydrogens (tertiary/aromatic N) is 1. The standard InChI is InChI=1S/C19H26ClN3O2/c1-18(2,3)15(24)12-16(21)22-17(25)19(4)10-5-11-23(19)14-8-6-13(20)7-9-14/h6-9,12,24H,5,10-11H2,1-4H3,(H2,21,22,25)/b15-12-/t19-/m0/s1. The van der Waals surface area contributed by atoms with Crippen molar-refractivity contribution in [3.8, 4) is 0 Å². The maximum atomic E-state index is 12.8. The number of amidine groups is 1. The fourth-order valence-electron chi connectivity index (χ4n) is 2.88. The summed E-state index contributed by atoms with van der Waals surface area (Å²) in [4.78, 5) is 14.9. The fourth-order valence-corrected chi connectivity index (χ4v) is 3.01. The number of hydrogen-bond donors (Lipinski definition) is 3. The Kier molecular flexibility index (Phi) is 5.47. The van der Waals surface area contributed by atoms with Crippen LogP contribution in [0.3, 0.4) is 0 Å². The van der Waals surface area contributed by atoms with Crippen molar-refractivity contribution in [2.75, 3.05) is 11.4 Å². The molecule has 1 aromatic rings. The van der Waals surface area contributed by atoms with Crippen LogP contribution in [0.25, 0.3) is 0 Å². The molecule has 1 fully saturated rings. The normalized spacial score (nSPS) is 21.3. The van der Waals surface area contributed by atoms with Crippen molar-refractivity contribution in [1.82, 2.24) is 5.32 Å². The third kappa shape index (κ3) is 4.34. The molecule has 1 saturated heterocycles. The van der Waals surface area contributed by atoms with E-state index >= 15 is 0 Å². The lowest BCUT2D eigenvalue weighted by Gasteiger charge is -2.35. The van der Waals surface area contributed by atoms with Crippen LogP contribution in [-0.2, 0) is 4.79 Å². The van der Waals surface area contributed by atoms with E-state index in [2.05, 4.69) is 5.32 Å². The molecular weight excluding hydrogens is 338 g/mol. The molecule has 1 aromatic carbocycles. The molecule has 0 spiro atoms. The Morgan fingerprint density at radius 1 is 1.36 bits per heavy atom. The van der Waals surface area contributed by atoms with Gasteiger partial charge in [0.1, 0.15) is 17.1 Å². The minimum absolute atomic E-state index is 0.0592. The fraction of sp³-hybridized carbons (Fsp3) is 0.474. The second-order valence-electron chi connectivity index (χ2n) is 7.65. The number of aliphatic hydroxyl groups excluding tert-OH is 1. The summed E-state index contributed by atoms with van der Waals surface area (Å²) in [7, 11) is 0. The van der Waals surface area contributed by atoms with Gasteiger partial charge in [-0.1, -0.05) is 32.4 Å². The highest BCUT2D eigenvalue weighted by Gasteiger charge is 2.43. The summed E-state index contributed by atoms with van der Waals surface area (Å²) in [6.07, 6.45) is 2.88. The SMILES string of the molecule is CC(C)(C)/C(O)=C/C(=N)NC(=O)[C@]1(C)CCCN1c1ccc(Cl)cc1. The summed E-state index contributed by atoms with van der Waals surface area (Å²) in [6, 6.07) is 7.41. The van der Waals surface area contributed by atoms with Gasteiger partial charge in [0.2, 0.25) is 0 Å². The van der Waals surface area contributed by atoms with Gasteiger partial charge in [0.25, 0.3) is 5.91 Å². The molecule has 25 heavy (non-hydrogen) atoms. The van der Waals surface area contributed by atoms with Crippen LogP contribution in [0.2, 0.25) is 5.02 Å². The Bertz CT molecular complexity index is 692. The first-order chi connectivity index (χ1) is 11.5. The summed E-state index contributed by atoms with van der Waals surface area (Å²) in [5.41, 5.74) is -0.284. The number of allylic oxidation sites excluding steroid dienone is 1. The molecule has 5 nitrogen and oxygen atoms in total. The van der Waals surface area contributed by atoms with E-state index in [0.29, 0.717) is 11.4 Å². The smallest absolute Gasteiger partial charge is 0.251 e. The summed E-state index contributed by atoms with van der Waals surface area (Å²) in [5, 5.41) is 21.2. The Morgan fingerprint density at radius 2 is 1.96 bits per heavy atom. The van der Waals surface area contributed by atoms with Gasteiger partial charge in [0.05, 0.1) is 0 Å². The molecule has 0 saturated carbocycles. The molecule has 6 heteroatoms. The first kappa shape index (κ1) is 19.3. The van der Waals surface area contributed by atoms with Gasteiger partial charge in [0.15, 0.2) is 0 Å². The van der Waals surface area contributed by atoms with E-state index in [0.717, 1.165) is 18.7 Å². The first-order valence-electron chi connectivity index (χ1n) is 8.38. The molecule has 0 aromatic heterocycles. The van der Waals surface area contributed by atoms with Crippen molar-refractivity contribution in [2.24, 2.45) is 5.41 Å². The molecule has 1 heterocycles. The minimum Gasteiger partial charge on any atom is -0.512 e. The van der Waals surface area contributed by atoms with E-state index in [1.54, 1.807) is 12.1 Å². The summed E-state index contributed by atoms with van der Waals surface area (Å²) in [5.74, 6) is -0.298. The van der Waals surface area contributed by atoms with Gasteiger partial charge in [-0.2, -0.15) is 0 Å². The quantitative estimate of drug-likeness (QED) is 0.426. The van der Waals surface area contributed by atoms with E-state index in [4.69, 9.17) is 17.0 Å². The van der Waals surface area contributed by atoms with Crippen LogP contribution in [0, 0.1) is 10.8 Å². The monoisotopic (exact) mass is 363 g/mol. The first-order valence-corrected chi connectivity index (χ1v) is 8.76. The number of amides is 1.